The highest BCUT2D eigenvalue weighted by atomic mass is 35.5. The quantitative estimate of drug-likeness (QED) is 0.825. The van der Waals surface area contributed by atoms with Gasteiger partial charge in [-0.05, 0) is 37.0 Å². The zero-order chi connectivity index (χ0) is 9.97. The normalized spacial score (nSPS) is 14.9. The van der Waals surface area contributed by atoms with Crippen molar-refractivity contribution in [1.29, 1.82) is 5.26 Å². The number of hydrogen-bond donors (Lipinski definition) is 1. The fourth-order valence-electron chi connectivity index (χ4n) is 1.34. The van der Waals surface area contributed by atoms with E-state index in [2.05, 4.69) is 11.4 Å². The first kappa shape index (κ1) is 9.36. The molecule has 0 aliphatic heterocycles. The van der Waals surface area contributed by atoms with Gasteiger partial charge in [0.15, 0.2) is 0 Å². The number of anilines is 1. The van der Waals surface area contributed by atoms with Gasteiger partial charge in [0, 0.05) is 11.6 Å². The molecule has 1 aliphatic carbocycles. The second kappa shape index (κ2) is 3.89. The summed E-state index contributed by atoms with van der Waals surface area (Å²) in [5.41, 5.74) is 1.52. The van der Waals surface area contributed by atoms with Crippen molar-refractivity contribution in [1.82, 2.24) is 0 Å². The standard InChI is InChI=1S/C11H11ClN2/c12-10-3-4-11(9(5-10)6-13)14-7-8-1-2-8/h3-5,8,14H,1-2,7H2. The average molecular weight is 207 g/mol. The van der Waals surface area contributed by atoms with Gasteiger partial charge in [0.1, 0.15) is 6.07 Å². The van der Waals surface area contributed by atoms with Crippen LogP contribution in [0.3, 0.4) is 0 Å². The highest BCUT2D eigenvalue weighted by molar-refractivity contribution is 6.30. The van der Waals surface area contributed by atoms with Crippen LogP contribution in [0.25, 0.3) is 0 Å². The molecule has 2 nitrogen and oxygen atoms in total. The van der Waals surface area contributed by atoms with Crippen molar-refractivity contribution < 1.29 is 0 Å². The van der Waals surface area contributed by atoms with Crippen molar-refractivity contribution in [2.45, 2.75) is 12.8 Å². The number of halogens is 1. The Hall–Kier alpha value is -1.20. The predicted octanol–water partition coefficient (Wildman–Crippen LogP) is 3.03. The molecule has 0 amide bonds. The fourth-order valence-corrected chi connectivity index (χ4v) is 1.51. The van der Waals surface area contributed by atoms with Crippen molar-refractivity contribution >= 4 is 17.3 Å². The Morgan fingerprint density at radius 3 is 2.93 bits per heavy atom. The van der Waals surface area contributed by atoms with E-state index in [1.54, 1.807) is 12.1 Å². The van der Waals surface area contributed by atoms with Crippen LogP contribution in [0, 0.1) is 17.2 Å². The smallest absolute Gasteiger partial charge is 0.101 e. The molecule has 0 atom stereocenters. The minimum Gasteiger partial charge on any atom is -0.384 e. The van der Waals surface area contributed by atoms with Crippen LogP contribution in [0.15, 0.2) is 18.2 Å². The molecule has 0 unspecified atom stereocenters. The van der Waals surface area contributed by atoms with E-state index in [0.717, 1.165) is 18.2 Å². The van der Waals surface area contributed by atoms with E-state index in [9.17, 15) is 0 Å². The number of nitrogens with one attached hydrogen (secondary N) is 1. The molecule has 0 bridgehead atoms. The third kappa shape index (κ3) is 2.18. The Bertz CT molecular complexity index is 377. The lowest BCUT2D eigenvalue weighted by Crippen LogP contribution is -2.04. The molecule has 1 N–H and O–H groups in total. The van der Waals surface area contributed by atoms with Crippen molar-refractivity contribution in [2.75, 3.05) is 11.9 Å². The van der Waals surface area contributed by atoms with Crippen LogP contribution < -0.4 is 5.32 Å². The van der Waals surface area contributed by atoms with Crippen molar-refractivity contribution in [3.05, 3.63) is 28.8 Å². The van der Waals surface area contributed by atoms with E-state index in [0.29, 0.717) is 10.6 Å². The summed E-state index contributed by atoms with van der Waals surface area (Å²) in [5, 5.41) is 12.8. The van der Waals surface area contributed by atoms with Gasteiger partial charge in [0.25, 0.3) is 0 Å². The largest absolute Gasteiger partial charge is 0.384 e. The van der Waals surface area contributed by atoms with E-state index in [1.165, 1.54) is 12.8 Å². The maximum absolute atomic E-state index is 8.88. The summed E-state index contributed by atoms with van der Waals surface area (Å²) in [6.45, 7) is 0.969. The van der Waals surface area contributed by atoms with Crippen molar-refractivity contribution in [3.63, 3.8) is 0 Å². The summed E-state index contributed by atoms with van der Waals surface area (Å²) in [7, 11) is 0. The van der Waals surface area contributed by atoms with E-state index in [4.69, 9.17) is 16.9 Å². The first-order chi connectivity index (χ1) is 6.79. The highest BCUT2D eigenvalue weighted by Crippen LogP contribution is 2.29. The molecule has 72 valence electrons. The Balaban J connectivity index is 2.10. The van der Waals surface area contributed by atoms with Crippen LogP contribution in [0.1, 0.15) is 18.4 Å². The van der Waals surface area contributed by atoms with Crippen LogP contribution >= 0.6 is 11.6 Å². The Labute approximate surface area is 88.5 Å². The molecule has 0 heterocycles. The monoisotopic (exact) mass is 206 g/mol. The SMILES string of the molecule is N#Cc1cc(Cl)ccc1NCC1CC1. The lowest BCUT2D eigenvalue weighted by molar-refractivity contribution is 0.889. The number of nitriles is 1. The molecule has 1 fully saturated rings. The molecule has 1 aliphatic rings. The maximum atomic E-state index is 8.88. The maximum Gasteiger partial charge on any atom is 0.101 e. The second-order valence-electron chi connectivity index (χ2n) is 3.63. The summed E-state index contributed by atoms with van der Waals surface area (Å²) in [6, 6.07) is 7.49. The summed E-state index contributed by atoms with van der Waals surface area (Å²) in [5.74, 6) is 0.803. The Morgan fingerprint density at radius 2 is 2.29 bits per heavy atom. The van der Waals surface area contributed by atoms with E-state index in [1.807, 2.05) is 6.07 Å². The topological polar surface area (TPSA) is 35.8 Å². The molecule has 1 aromatic carbocycles. The predicted molar refractivity (Wildman–Crippen MR) is 57.4 cm³/mol. The van der Waals surface area contributed by atoms with Gasteiger partial charge in [-0.15, -0.1) is 0 Å². The summed E-state index contributed by atoms with van der Waals surface area (Å²) < 4.78 is 0. The van der Waals surface area contributed by atoms with Crippen molar-refractivity contribution in [3.8, 4) is 6.07 Å². The lowest BCUT2D eigenvalue weighted by atomic mass is 10.2. The minimum absolute atomic E-state index is 0.610. The van der Waals surface area contributed by atoms with Crippen LogP contribution in [0.5, 0.6) is 0 Å². The fraction of sp³-hybridized carbons (Fsp3) is 0.364. The number of benzene rings is 1. The lowest BCUT2D eigenvalue weighted by Gasteiger charge is -2.06. The van der Waals surface area contributed by atoms with E-state index >= 15 is 0 Å². The number of rotatable bonds is 3. The van der Waals surface area contributed by atoms with Crippen LogP contribution in [0.4, 0.5) is 5.69 Å². The molecular formula is C11H11ClN2. The summed E-state index contributed by atoms with van der Waals surface area (Å²) in [6.07, 6.45) is 2.62. The molecule has 0 radical (unpaired) electrons. The van der Waals surface area contributed by atoms with Gasteiger partial charge in [-0.1, -0.05) is 11.6 Å². The number of nitrogens with zero attached hydrogens (tertiary/aromatic N) is 1. The first-order valence-corrected chi connectivity index (χ1v) is 5.11. The van der Waals surface area contributed by atoms with E-state index < -0.39 is 0 Å². The molecule has 0 saturated heterocycles. The van der Waals surface area contributed by atoms with Crippen molar-refractivity contribution in [2.24, 2.45) is 5.92 Å². The van der Waals surface area contributed by atoms with E-state index in [-0.39, 0.29) is 0 Å². The van der Waals surface area contributed by atoms with Gasteiger partial charge in [-0.25, -0.2) is 0 Å². The minimum atomic E-state index is 0.610. The summed E-state index contributed by atoms with van der Waals surface area (Å²) in [4.78, 5) is 0. The molecule has 2 rings (SSSR count). The zero-order valence-electron chi connectivity index (χ0n) is 7.76. The van der Waals surface area contributed by atoms with Gasteiger partial charge in [0.05, 0.1) is 11.3 Å². The van der Waals surface area contributed by atoms with Crippen LogP contribution in [-0.4, -0.2) is 6.54 Å². The molecule has 0 aromatic heterocycles. The van der Waals surface area contributed by atoms with Crippen LogP contribution in [0.2, 0.25) is 5.02 Å². The Kier molecular flexibility index (Phi) is 2.60. The van der Waals surface area contributed by atoms with Gasteiger partial charge in [-0.2, -0.15) is 5.26 Å². The molecular weight excluding hydrogens is 196 g/mol. The summed E-state index contributed by atoms with van der Waals surface area (Å²) >= 11 is 5.79. The van der Waals surface area contributed by atoms with Gasteiger partial charge >= 0.3 is 0 Å². The van der Waals surface area contributed by atoms with Crippen LogP contribution in [-0.2, 0) is 0 Å². The molecule has 3 heteroatoms. The molecule has 14 heavy (non-hydrogen) atoms. The molecule has 0 spiro atoms. The number of hydrogen-bond acceptors (Lipinski definition) is 2. The average Bonchev–Trinajstić information content (AvgIpc) is 2.99. The van der Waals surface area contributed by atoms with Gasteiger partial charge in [0.2, 0.25) is 0 Å². The van der Waals surface area contributed by atoms with Gasteiger partial charge in [-0.3, -0.25) is 0 Å². The zero-order valence-corrected chi connectivity index (χ0v) is 8.51. The third-order valence-electron chi connectivity index (χ3n) is 2.38. The third-order valence-corrected chi connectivity index (χ3v) is 2.62. The first-order valence-electron chi connectivity index (χ1n) is 4.73. The van der Waals surface area contributed by atoms with Gasteiger partial charge < -0.3 is 5.32 Å². The Morgan fingerprint density at radius 1 is 1.50 bits per heavy atom. The molecule has 1 saturated carbocycles. The second-order valence-corrected chi connectivity index (χ2v) is 4.06. The molecule has 1 aromatic rings. The highest BCUT2D eigenvalue weighted by Gasteiger charge is 2.20.